The van der Waals surface area contributed by atoms with Crippen LogP contribution in [0.1, 0.15) is 17.1 Å². The number of nitrogens with zero attached hydrogens (tertiary/aromatic N) is 2. The Morgan fingerprint density at radius 2 is 2.14 bits per heavy atom. The first-order valence-corrected chi connectivity index (χ1v) is 6.82. The maximum absolute atomic E-state index is 12.0. The van der Waals surface area contributed by atoms with Gasteiger partial charge in [0.05, 0.1) is 18.7 Å². The minimum Gasteiger partial charge on any atom is -0.361 e. The summed E-state index contributed by atoms with van der Waals surface area (Å²) in [5.41, 5.74) is 2.86. The highest BCUT2D eigenvalue weighted by atomic mass is 16.1. The Morgan fingerprint density at radius 3 is 3.00 bits per heavy atom. The van der Waals surface area contributed by atoms with E-state index in [1.807, 2.05) is 37.4 Å². The van der Waals surface area contributed by atoms with Crippen molar-refractivity contribution >= 4 is 16.8 Å². The number of hydrogen-bond acceptors (Lipinski definition) is 3. The quantitative estimate of drug-likeness (QED) is 0.769. The van der Waals surface area contributed by atoms with Gasteiger partial charge in [0.1, 0.15) is 5.82 Å². The number of aryl methyl sites for hydroxylation is 1. The number of rotatable bonds is 4. The molecule has 0 fully saturated rings. The van der Waals surface area contributed by atoms with Crippen LogP contribution in [0.5, 0.6) is 0 Å². The van der Waals surface area contributed by atoms with E-state index in [1.54, 1.807) is 12.3 Å². The molecule has 0 atom stereocenters. The summed E-state index contributed by atoms with van der Waals surface area (Å²) in [5, 5.41) is 3.97. The Kier molecular flexibility index (Phi) is 3.64. The summed E-state index contributed by atoms with van der Waals surface area (Å²) in [4.78, 5) is 23.5. The number of hydrogen-bond donors (Lipinski definition) is 2. The summed E-state index contributed by atoms with van der Waals surface area (Å²) < 4.78 is 0. The Bertz CT molecular complexity index is 779. The minimum absolute atomic E-state index is 0.0176. The standard InChI is InChI=1S/C16H16N4O/c1-11-17-7-6-13(20-11)10-19-16(21)8-12-9-18-15-5-3-2-4-14(12)15/h2-7,9,18H,8,10H2,1H3,(H,19,21). The number of carbonyl (C=O) groups excluding carboxylic acids is 1. The number of amides is 1. The molecule has 0 aliphatic carbocycles. The number of benzene rings is 1. The van der Waals surface area contributed by atoms with Gasteiger partial charge in [-0.2, -0.15) is 0 Å². The van der Waals surface area contributed by atoms with Gasteiger partial charge in [0.2, 0.25) is 5.91 Å². The first-order chi connectivity index (χ1) is 10.2. The van der Waals surface area contributed by atoms with Crippen molar-refractivity contribution < 1.29 is 4.79 Å². The van der Waals surface area contributed by atoms with Crippen molar-refractivity contribution in [1.82, 2.24) is 20.3 Å². The van der Waals surface area contributed by atoms with Gasteiger partial charge in [-0.05, 0) is 24.6 Å². The molecule has 2 heterocycles. The summed E-state index contributed by atoms with van der Waals surface area (Å²) >= 11 is 0. The van der Waals surface area contributed by atoms with E-state index < -0.39 is 0 Å². The second-order valence-electron chi connectivity index (χ2n) is 4.91. The lowest BCUT2D eigenvalue weighted by atomic mass is 10.1. The summed E-state index contributed by atoms with van der Waals surface area (Å²) in [6.07, 6.45) is 3.94. The van der Waals surface area contributed by atoms with Crippen LogP contribution < -0.4 is 5.32 Å². The fourth-order valence-corrected chi connectivity index (χ4v) is 2.31. The van der Waals surface area contributed by atoms with Crippen molar-refractivity contribution in [3.63, 3.8) is 0 Å². The predicted molar refractivity (Wildman–Crippen MR) is 80.6 cm³/mol. The summed E-state index contributed by atoms with van der Waals surface area (Å²) in [7, 11) is 0. The number of para-hydroxylation sites is 1. The van der Waals surface area contributed by atoms with Crippen LogP contribution in [0.4, 0.5) is 0 Å². The molecule has 0 aliphatic heterocycles. The van der Waals surface area contributed by atoms with Gasteiger partial charge < -0.3 is 10.3 Å². The van der Waals surface area contributed by atoms with Gasteiger partial charge in [0.15, 0.2) is 0 Å². The molecule has 1 amide bonds. The molecule has 2 N–H and O–H groups in total. The van der Waals surface area contributed by atoms with Gasteiger partial charge in [-0.25, -0.2) is 9.97 Å². The lowest BCUT2D eigenvalue weighted by Gasteiger charge is -2.05. The van der Waals surface area contributed by atoms with Crippen molar-refractivity contribution in [3.05, 3.63) is 59.8 Å². The van der Waals surface area contributed by atoms with Crippen LogP contribution in [0, 0.1) is 6.92 Å². The smallest absolute Gasteiger partial charge is 0.224 e. The van der Waals surface area contributed by atoms with Gasteiger partial charge in [-0.15, -0.1) is 0 Å². The number of H-pyrrole nitrogens is 1. The third kappa shape index (κ3) is 3.08. The summed E-state index contributed by atoms with van der Waals surface area (Å²) in [5.74, 6) is 0.689. The first kappa shape index (κ1) is 13.3. The third-order valence-corrected chi connectivity index (χ3v) is 3.33. The van der Waals surface area contributed by atoms with E-state index in [4.69, 9.17) is 0 Å². The third-order valence-electron chi connectivity index (χ3n) is 3.33. The number of fused-ring (bicyclic) bond motifs is 1. The van der Waals surface area contributed by atoms with Gasteiger partial charge in [-0.1, -0.05) is 18.2 Å². The highest BCUT2D eigenvalue weighted by molar-refractivity contribution is 5.88. The zero-order valence-corrected chi connectivity index (χ0v) is 11.8. The second kappa shape index (κ2) is 5.75. The summed E-state index contributed by atoms with van der Waals surface area (Å²) in [6, 6.07) is 9.77. The fraction of sp³-hybridized carbons (Fsp3) is 0.188. The lowest BCUT2D eigenvalue weighted by Crippen LogP contribution is -2.25. The van der Waals surface area contributed by atoms with E-state index in [9.17, 15) is 4.79 Å². The van der Waals surface area contributed by atoms with Crippen molar-refractivity contribution in [2.75, 3.05) is 0 Å². The van der Waals surface area contributed by atoms with Crippen molar-refractivity contribution in [2.24, 2.45) is 0 Å². The molecule has 5 nitrogen and oxygen atoms in total. The highest BCUT2D eigenvalue weighted by Crippen LogP contribution is 2.17. The molecule has 5 heteroatoms. The maximum atomic E-state index is 12.0. The number of nitrogens with one attached hydrogen (secondary N) is 2. The Morgan fingerprint density at radius 1 is 1.29 bits per heavy atom. The van der Waals surface area contributed by atoms with Crippen molar-refractivity contribution in [3.8, 4) is 0 Å². The number of carbonyl (C=O) groups is 1. The van der Waals surface area contributed by atoms with Gasteiger partial charge in [0, 0.05) is 23.3 Å². The second-order valence-corrected chi connectivity index (χ2v) is 4.91. The van der Waals surface area contributed by atoms with Gasteiger partial charge in [-0.3, -0.25) is 4.79 Å². The molecule has 106 valence electrons. The molecule has 1 aromatic carbocycles. The molecule has 3 rings (SSSR count). The molecule has 0 saturated heterocycles. The van der Waals surface area contributed by atoms with Crippen LogP contribution in [0.15, 0.2) is 42.7 Å². The van der Waals surface area contributed by atoms with Gasteiger partial charge in [0.25, 0.3) is 0 Å². The maximum Gasteiger partial charge on any atom is 0.224 e. The number of aromatic nitrogens is 3. The molecule has 0 bridgehead atoms. The van der Waals surface area contributed by atoms with Crippen LogP contribution in [0.3, 0.4) is 0 Å². The molecule has 0 saturated carbocycles. The SMILES string of the molecule is Cc1nccc(CNC(=O)Cc2c[nH]c3ccccc23)n1. The average molecular weight is 280 g/mol. The Balaban J connectivity index is 1.64. The van der Waals surface area contributed by atoms with Gasteiger partial charge >= 0.3 is 0 Å². The van der Waals surface area contributed by atoms with E-state index in [-0.39, 0.29) is 5.91 Å². The van der Waals surface area contributed by atoms with Crippen molar-refractivity contribution in [1.29, 1.82) is 0 Å². The lowest BCUT2D eigenvalue weighted by molar-refractivity contribution is -0.120. The monoisotopic (exact) mass is 280 g/mol. The van der Waals surface area contributed by atoms with Crippen LogP contribution in [-0.4, -0.2) is 20.9 Å². The molecule has 0 aliphatic rings. The minimum atomic E-state index is -0.0176. The first-order valence-electron chi connectivity index (χ1n) is 6.82. The summed E-state index contributed by atoms with van der Waals surface area (Å²) in [6.45, 7) is 2.25. The van der Waals surface area contributed by atoms with E-state index >= 15 is 0 Å². The van der Waals surface area contributed by atoms with Crippen LogP contribution in [-0.2, 0) is 17.8 Å². The molecule has 2 aromatic heterocycles. The molecule has 0 radical (unpaired) electrons. The van der Waals surface area contributed by atoms with E-state index in [2.05, 4.69) is 20.3 Å². The predicted octanol–water partition coefficient (Wildman–Crippen LogP) is 2.13. The average Bonchev–Trinajstić information content (AvgIpc) is 2.89. The van der Waals surface area contributed by atoms with Crippen LogP contribution in [0.25, 0.3) is 10.9 Å². The number of aromatic amines is 1. The molecule has 21 heavy (non-hydrogen) atoms. The Labute approximate surface area is 122 Å². The molecule has 0 unspecified atom stereocenters. The molecule has 3 aromatic rings. The van der Waals surface area contributed by atoms with Crippen LogP contribution >= 0.6 is 0 Å². The molecule has 0 spiro atoms. The van der Waals surface area contributed by atoms with Crippen LogP contribution in [0.2, 0.25) is 0 Å². The van der Waals surface area contributed by atoms with E-state index in [1.165, 1.54) is 0 Å². The Hall–Kier alpha value is -2.69. The molecular formula is C16H16N4O. The fourth-order valence-electron chi connectivity index (χ4n) is 2.31. The largest absolute Gasteiger partial charge is 0.361 e. The highest BCUT2D eigenvalue weighted by Gasteiger charge is 2.08. The molecular weight excluding hydrogens is 264 g/mol. The normalized spacial score (nSPS) is 10.7. The van der Waals surface area contributed by atoms with E-state index in [0.29, 0.717) is 18.8 Å². The zero-order valence-electron chi connectivity index (χ0n) is 11.8. The van der Waals surface area contributed by atoms with Crippen molar-refractivity contribution in [2.45, 2.75) is 19.9 Å². The topological polar surface area (TPSA) is 70.7 Å². The van der Waals surface area contributed by atoms with E-state index in [0.717, 1.165) is 22.2 Å². The zero-order chi connectivity index (χ0) is 14.7.